The number of carbonyl (C=O) groups excluding carboxylic acids is 1. The molecule has 4 heteroatoms. The highest BCUT2D eigenvalue weighted by Crippen LogP contribution is 2.66. The number of ketones is 1. The topological polar surface area (TPSA) is 55.8 Å². The van der Waals surface area contributed by atoms with Crippen LogP contribution in [0.4, 0.5) is 0 Å². The third-order valence-corrected chi connectivity index (χ3v) is 9.19. The first-order valence-electron chi connectivity index (χ1n) is 12.5. The molecule has 33 heavy (non-hydrogen) atoms. The van der Waals surface area contributed by atoms with Crippen molar-refractivity contribution in [2.45, 2.75) is 70.3 Å². The number of aliphatic hydroxyl groups is 1. The predicted molar refractivity (Wildman–Crippen MR) is 126 cm³/mol. The smallest absolute Gasteiger partial charge is 0.161 e. The summed E-state index contributed by atoms with van der Waals surface area (Å²) in [4.78, 5) is 12.2. The van der Waals surface area contributed by atoms with Gasteiger partial charge in [0, 0.05) is 17.8 Å². The lowest BCUT2D eigenvalue weighted by Gasteiger charge is -2.53. The number of fused-ring (bicyclic) bond motifs is 5. The van der Waals surface area contributed by atoms with Crippen molar-refractivity contribution in [2.75, 3.05) is 13.2 Å². The molecule has 0 bridgehead atoms. The average molecular weight is 445 g/mol. The lowest BCUT2D eigenvalue weighted by molar-refractivity contribution is -0.114. The zero-order valence-corrected chi connectivity index (χ0v) is 19.6. The van der Waals surface area contributed by atoms with Crippen LogP contribution in [0.5, 0.6) is 11.5 Å². The maximum atomic E-state index is 12.2. The van der Waals surface area contributed by atoms with Crippen LogP contribution in [-0.4, -0.2) is 29.7 Å². The van der Waals surface area contributed by atoms with Crippen LogP contribution in [-0.2, 0) is 4.79 Å². The summed E-state index contributed by atoms with van der Waals surface area (Å²) in [6, 6.07) is 6.37. The van der Waals surface area contributed by atoms with Crippen LogP contribution in [0.2, 0.25) is 0 Å². The second kappa shape index (κ2) is 7.50. The Morgan fingerprint density at radius 2 is 1.91 bits per heavy atom. The minimum atomic E-state index is -0.951. The Bertz CT molecular complexity index is 1150. The number of allylic oxidation sites excluding steroid dienone is 4. The van der Waals surface area contributed by atoms with E-state index < -0.39 is 5.60 Å². The molecule has 6 rings (SSSR count). The molecule has 1 N–H and O–H groups in total. The number of rotatable bonds is 1. The van der Waals surface area contributed by atoms with E-state index in [0.717, 1.165) is 50.0 Å². The third kappa shape index (κ3) is 3.05. The number of hydrogen-bond donors (Lipinski definition) is 1. The van der Waals surface area contributed by atoms with Gasteiger partial charge >= 0.3 is 0 Å². The van der Waals surface area contributed by atoms with Gasteiger partial charge in [0.1, 0.15) is 18.8 Å². The van der Waals surface area contributed by atoms with Crippen molar-refractivity contribution >= 4 is 5.78 Å². The van der Waals surface area contributed by atoms with E-state index in [1.54, 1.807) is 0 Å². The quantitative estimate of drug-likeness (QED) is 0.612. The molecule has 0 radical (unpaired) electrons. The van der Waals surface area contributed by atoms with E-state index in [1.165, 1.54) is 22.3 Å². The molecule has 0 amide bonds. The molecule has 0 aromatic heterocycles. The fourth-order valence-electron chi connectivity index (χ4n) is 7.65. The van der Waals surface area contributed by atoms with Gasteiger partial charge in [0.15, 0.2) is 17.3 Å². The summed E-state index contributed by atoms with van der Waals surface area (Å²) in [5.41, 5.74) is 4.20. The molecule has 4 aliphatic carbocycles. The summed E-state index contributed by atoms with van der Waals surface area (Å²) in [5.74, 6) is 9.17. The average Bonchev–Trinajstić information content (AvgIpc) is 3.08. The summed E-state index contributed by atoms with van der Waals surface area (Å²) in [6.07, 6.45) is 7.99. The van der Waals surface area contributed by atoms with Crippen molar-refractivity contribution in [3.8, 4) is 23.3 Å². The monoisotopic (exact) mass is 444 g/mol. The molecule has 1 aromatic carbocycles. The van der Waals surface area contributed by atoms with E-state index in [4.69, 9.17) is 9.47 Å². The summed E-state index contributed by atoms with van der Waals surface area (Å²) in [7, 11) is 0. The van der Waals surface area contributed by atoms with Crippen LogP contribution < -0.4 is 9.47 Å². The van der Waals surface area contributed by atoms with Gasteiger partial charge < -0.3 is 14.6 Å². The number of carbonyl (C=O) groups is 1. The molecule has 0 saturated heterocycles. The summed E-state index contributed by atoms with van der Waals surface area (Å²) in [5, 5.41) is 11.8. The van der Waals surface area contributed by atoms with Crippen LogP contribution in [0, 0.1) is 29.1 Å². The molecule has 1 aromatic rings. The Kier molecular flexibility index (Phi) is 4.79. The van der Waals surface area contributed by atoms with Gasteiger partial charge in [-0.2, -0.15) is 0 Å². The van der Waals surface area contributed by atoms with Crippen LogP contribution in [0.1, 0.15) is 70.3 Å². The normalized spacial score (nSPS) is 36.8. The molecule has 5 aliphatic rings. The van der Waals surface area contributed by atoms with E-state index in [1.807, 2.05) is 19.1 Å². The molecule has 4 nitrogen and oxygen atoms in total. The predicted octanol–water partition coefficient (Wildman–Crippen LogP) is 5.11. The van der Waals surface area contributed by atoms with Gasteiger partial charge in [-0.25, -0.2) is 0 Å². The van der Waals surface area contributed by atoms with Crippen molar-refractivity contribution in [2.24, 2.45) is 17.3 Å². The first-order valence-corrected chi connectivity index (χ1v) is 12.5. The fourth-order valence-corrected chi connectivity index (χ4v) is 7.65. The Morgan fingerprint density at radius 1 is 1.09 bits per heavy atom. The lowest BCUT2D eigenvalue weighted by Crippen LogP contribution is -2.51. The maximum absolute atomic E-state index is 12.2. The van der Waals surface area contributed by atoms with Crippen molar-refractivity contribution in [1.82, 2.24) is 0 Å². The Labute approximate surface area is 196 Å². The van der Waals surface area contributed by atoms with Crippen LogP contribution in [0.15, 0.2) is 41.0 Å². The fraction of sp³-hybridized carbons (Fsp3) is 0.552. The number of benzene rings is 1. The second-order valence-electron chi connectivity index (χ2n) is 10.7. The molecular weight excluding hydrogens is 412 g/mol. The largest absolute Gasteiger partial charge is 0.486 e. The molecular formula is C29H32O4. The Morgan fingerprint density at radius 3 is 2.73 bits per heavy atom. The highest BCUT2D eigenvalue weighted by molar-refractivity contribution is 5.93. The first kappa shape index (κ1) is 21.1. The van der Waals surface area contributed by atoms with Gasteiger partial charge in [0.05, 0.1) is 0 Å². The molecule has 2 saturated carbocycles. The van der Waals surface area contributed by atoms with E-state index in [2.05, 4.69) is 30.9 Å². The second-order valence-corrected chi connectivity index (χ2v) is 10.7. The van der Waals surface area contributed by atoms with Crippen LogP contribution in [0.25, 0.3) is 0 Å². The molecule has 1 aliphatic heterocycles. The molecule has 5 unspecified atom stereocenters. The zero-order valence-electron chi connectivity index (χ0n) is 19.6. The standard InChI is InChI=1S/C29H32O4/c1-3-11-29(31)12-10-24-22-7-4-18-15-20(30)6-8-21(18)27(22)23(17-28(24,29)2)19-5-9-25-26(16-19)33-14-13-32-25/h5,9,15-16,22-24,31H,4,6-8,10,12-14,17H2,1-2H3. The molecule has 2 fully saturated rings. The molecule has 172 valence electrons. The van der Waals surface area contributed by atoms with Crippen molar-refractivity contribution in [3.63, 3.8) is 0 Å². The van der Waals surface area contributed by atoms with Gasteiger partial charge in [-0.15, -0.1) is 5.92 Å². The highest BCUT2D eigenvalue weighted by Gasteiger charge is 2.62. The lowest BCUT2D eigenvalue weighted by atomic mass is 9.51. The van der Waals surface area contributed by atoms with Gasteiger partial charge in [0.25, 0.3) is 0 Å². The summed E-state index contributed by atoms with van der Waals surface area (Å²) >= 11 is 0. The van der Waals surface area contributed by atoms with Gasteiger partial charge in [-0.05, 0) is 92.2 Å². The highest BCUT2D eigenvalue weighted by atomic mass is 16.6. The first-order chi connectivity index (χ1) is 15.9. The minimum absolute atomic E-state index is 0.183. The van der Waals surface area contributed by atoms with Gasteiger partial charge in [0.2, 0.25) is 0 Å². The molecule has 1 heterocycles. The van der Waals surface area contributed by atoms with E-state index in [9.17, 15) is 9.90 Å². The van der Waals surface area contributed by atoms with Crippen LogP contribution in [0.3, 0.4) is 0 Å². The van der Waals surface area contributed by atoms with Crippen molar-refractivity contribution < 1.29 is 19.4 Å². The Hall–Kier alpha value is -2.51. The van der Waals surface area contributed by atoms with Crippen molar-refractivity contribution in [3.05, 3.63) is 46.6 Å². The summed E-state index contributed by atoms with van der Waals surface area (Å²) < 4.78 is 11.7. The third-order valence-electron chi connectivity index (χ3n) is 9.19. The van der Waals surface area contributed by atoms with E-state index in [-0.39, 0.29) is 17.1 Å². The van der Waals surface area contributed by atoms with Crippen molar-refractivity contribution in [1.29, 1.82) is 0 Å². The Balaban J connectivity index is 1.53. The number of ether oxygens (including phenoxy) is 2. The van der Waals surface area contributed by atoms with Crippen LogP contribution >= 0.6 is 0 Å². The van der Waals surface area contributed by atoms with Gasteiger partial charge in [-0.1, -0.05) is 24.5 Å². The number of hydrogen-bond acceptors (Lipinski definition) is 4. The molecule has 0 spiro atoms. The van der Waals surface area contributed by atoms with E-state index >= 15 is 0 Å². The SMILES string of the molecule is CC#CC1(O)CCC2C3CCC4=CC(=O)CCC4=C3C(c3ccc4c(c3)OCCO4)CC21C. The minimum Gasteiger partial charge on any atom is -0.486 e. The van der Waals surface area contributed by atoms with E-state index in [0.29, 0.717) is 31.5 Å². The van der Waals surface area contributed by atoms with Gasteiger partial charge in [-0.3, -0.25) is 4.79 Å². The maximum Gasteiger partial charge on any atom is 0.161 e. The summed E-state index contributed by atoms with van der Waals surface area (Å²) in [6.45, 7) is 5.26. The molecule has 5 atom stereocenters. The zero-order chi connectivity index (χ0) is 22.8.